The lowest BCUT2D eigenvalue weighted by molar-refractivity contribution is 0.0928. The highest BCUT2D eigenvalue weighted by molar-refractivity contribution is 5.94. The smallest absolute Gasteiger partial charge is 0.270 e. The third-order valence-electron chi connectivity index (χ3n) is 4.82. The van der Waals surface area contributed by atoms with Crippen LogP contribution >= 0.6 is 0 Å². The van der Waals surface area contributed by atoms with Crippen LogP contribution in [0.5, 0.6) is 0 Å². The first-order chi connectivity index (χ1) is 14.0. The number of hydrogen-bond acceptors (Lipinski definition) is 4. The van der Waals surface area contributed by atoms with Crippen LogP contribution in [0.4, 0.5) is 4.39 Å². The van der Waals surface area contributed by atoms with Crippen molar-refractivity contribution in [2.75, 3.05) is 0 Å². The van der Waals surface area contributed by atoms with Crippen LogP contribution < -0.4 is 5.32 Å². The van der Waals surface area contributed by atoms with E-state index in [-0.39, 0.29) is 17.8 Å². The van der Waals surface area contributed by atoms with Gasteiger partial charge < -0.3 is 5.32 Å². The number of hydrogen-bond donors (Lipinski definition) is 1. The molecule has 4 aromatic rings. The van der Waals surface area contributed by atoms with Crippen molar-refractivity contribution in [2.24, 2.45) is 0 Å². The molecular formula is C22H20FN5O. The van der Waals surface area contributed by atoms with Gasteiger partial charge in [0.2, 0.25) is 0 Å². The summed E-state index contributed by atoms with van der Waals surface area (Å²) in [4.78, 5) is 21.7. The molecule has 0 saturated heterocycles. The Kier molecular flexibility index (Phi) is 5.03. The molecule has 1 N–H and O–H groups in total. The molecule has 0 aliphatic rings. The normalized spacial score (nSPS) is 12.1. The van der Waals surface area contributed by atoms with Crippen molar-refractivity contribution < 1.29 is 9.18 Å². The number of aryl methyl sites for hydroxylation is 1. The van der Waals surface area contributed by atoms with Gasteiger partial charge in [-0.25, -0.2) is 9.37 Å². The van der Waals surface area contributed by atoms with Gasteiger partial charge in [0.15, 0.2) is 0 Å². The van der Waals surface area contributed by atoms with E-state index in [4.69, 9.17) is 0 Å². The summed E-state index contributed by atoms with van der Waals surface area (Å²) in [7, 11) is 0. The molecule has 1 amide bonds. The lowest BCUT2D eigenvalue weighted by atomic mass is 10.0. The molecule has 0 radical (unpaired) electrons. The van der Waals surface area contributed by atoms with Gasteiger partial charge in [0, 0.05) is 5.56 Å². The topological polar surface area (TPSA) is 72.2 Å². The molecule has 0 saturated carbocycles. The van der Waals surface area contributed by atoms with Crippen LogP contribution in [-0.4, -0.2) is 25.5 Å². The van der Waals surface area contributed by atoms with Crippen LogP contribution in [0.3, 0.4) is 0 Å². The fourth-order valence-corrected chi connectivity index (χ4v) is 3.19. The summed E-state index contributed by atoms with van der Waals surface area (Å²) in [6.07, 6.45) is 2.09. The zero-order valence-electron chi connectivity index (χ0n) is 16.1. The Bertz CT molecular complexity index is 1150. The van der Waals surface area contributed by atoms with Gasteiger partial charge in [-0.3, -0.25) is 4.79 Å². The number of halogens is 1. The molecule has 1 unspecified atom stereocenters. The second kappa shape index (κ2) is 7.79. The van der Waals surface area contributed by atoms with Gasteiger partial charge in [-0.2, -0.15) is 14.6 Å². The molecule has 0 aliphatic heterocycles. The Labute approximate surface area is 167 Å². The Morgan fingerprint density at radius 2 is 1.86 bits per heavy atom. The molecule has 0 bridgehead atoms. The summed E-state index contributed by atoms with van der Waals surface area (Å²) in [5.41, 5.74) is 3.74. The summed E-state index contributed by atoms with van der Waals surface area (Å²) in [5.74, 6) is -0.307. The van der Waals surface area contributed by atoms with Crippen LogP contribution in [0.1, 0.15) is 41.0 Å². The zero-order valence-corrected chi connectivity index (χ0v) is 16.1. The number of benzene rings is 2. The highest BCUT2D eigenvalue weighted by Gasteiger charge is 2.19. The number of nitrogens with zero attached hydrogens (tertiary/aromatic N) is 4. The van der Waals surface area contributed by atoms with Crippen molar-refractivity contribution in [2.45, 2.75) is 26.3 Å². The maximum Gasteiger partial charge on any atom is 0.270 e. The number of carbonyl (C=O) groups is 1. The predicted molar refractivity (Wildman–Crippen MR) is 108 cm³/mol. The molecular weight excluding hydrogens is 369 g/mol. The summed E-state index contributed by atoms with van der Waals surface area (Å²) in [5, 5.41) is 7.20. The van der Waals surface area contributed by atoms with E-state index in [0.717, 1.165) is 17.5 Å². The number of fused-ring (bicyclic) bond motifs is 1. The monoisotopic (exact) mass is 389 g/mol. The average Bonchev–Trinajstić information content (AvgIpc) is 3.21. The van der Waals surface area contributed by atoms with E-state index in [1.165, 1.54) is 23.0 Å². The minimum Gasteiger partial charge on any atom is -0.344 e. The second-order valence-electron chi connectivity index (χ2n) is 6.85. The van der Waals surface area contributed by atoms with Gasteiger partial charge >= 0.3 is 0 Å². The molecule has 0 fully saturated rings. The van der Waals surface area contributed by atoms with Crippen molar-refractivity contribution in [1.29, 1.82) is 0 Å². The molecule has 2 aromatic carbocycles. The molecule has 1 atom stereocenters. The third kappa shape index (κ3) is 3.85. The van der Waals surface area contributed by atoms with E-state index in [9.17, 15) is 9.18 Å². The van der Waals surface area contributed by atoms with Crippen LogP contribution in [0.15, 0.2) is 60.9 Å². The molecule has 146 valence electrons. The van der Waals surface area contributed by atoms with Crippen molar-refractivity contribution >= 4 is 11.7 Å². The van der Waals surface area contributed by atoms with Gasteiger partial charge in [0.25, 0.3) is 11.7 Å². The van der Waals surface area contributed by atoms with Crippen LogP contribution in [0.2, 0.25) is 0 Å². The standard InChI is InChI=1S/C22H20FN5O/c1-3-18(15-6-4-14(2)5-7-15)26-21(29)20-12-19(16-8-10-17(23)11-9-16)27-22-24-13-25-28(20)22/h4-13,18H,3H2,1-2H3,(H,26,29). The van der Waals surface area contributed by atoms with Gasteiger partial charge in [-0.15, -0.1) is 0 Å². The quantitative estimate of drug-likeness (QED) is 0.557. The van der Waals surface area contributed by atoms with Crippen LogP contribution in [0.25, 0.3) is 17.0 Å². The largest absolute Gasteiger partial charge is 0.344 e. The van der Waals surface area contributed by atoms with Gasteiger partial charge in [-0.05, 0) is 49.2 Å². The summed E-state index contributed by atoms with van der Waals surface area (Å²) in [6, 6.07) is 15.6. The first kappa shape index (κ1) is 18.7. The molecule has 6 nitrogen and oxygen atoms in total. The molecule has 29 heavy (non-hydrogen) atoms. The molecule has 2 heterocycles. The molecule has 2 aromatic heterocycles. The summed E-state index contributed by atoms with van der Waals surface area (Å²) in [6.45, 7) is 4.05. The Balaban J connectivity index is 1.70. The number of aromatic nitrogens is 4. The van der Waals surface area contributed by atoms with E-state index in [0.29, 0.717) is 22.7 Å². The van der Waals surface area contributed by atoms with Crippen molar-refractivity contribution in [1.82, 2.24) is 24.9 Å². The highest BCUT2D eigenvalue weighted by Crippen LogP contribution is 2.21. The van der Waals surface area contributed by atoms with E-state index in [1.807, 2.05) is 38.1 Å². The van der Waals surface area contributed by atoms with Gasteiger partial charge in [-0.1, -0.05) is 36.8 Å². The van der Waals surface area contributed by atoms with E-state index >= 15 is 0 Å². The number of carbonyl (C=O) groups excluding carboxylic acids is 1. The maximum absolute atomic E-state index is 13.3. The van der Waals surface area contributed by atoms with E-state index in [1.54, 1.807) is 18.2 Å². The summed E-state index contributed by atoms with van der Waals surface area (Å²) >= 11 is 0. The Morgan fingerprint density at radius 1 is 1.14 bits per heavy atom. The fourth-order valence-electron chi connectivity index (χ4n) is 3.19. The van der Waals surface area contributed by atoms with Crippen LogP contribution in [-0.2, 0) is 0 Å². The first-order valence-corrected chi connectivity index (χ1v) is 9.39. The Hall–Kier alpha value is -3.61. The van der Waals surface area contributed by atoms with Crippen molar-refractivity contribution in [3.63, 3.8) is 0 Å². The first-order valence-electron chi connectivity index (χ1n) is 9.39. The SMILES string of the molecule is CCC(NC(=O)c1cc(-c2ccc(F)cc2)nc2ncnn12)c1ccc(C)cc1. The van der Waals surface area contributed by atoms with Gasteiger partial charge in [0.05, 0.1) is 11.7 Å². The third-order valence-corrected chi connectivity index (χ3v) is 4.82. The predicted octanol–water partition coefficient (Wildman–Crippen LogP) is 4.12. The lowest BCUT2D eigenvalue weighted by Crippen LogP contribution is -2.30. The number of amides is 1. The average molecular weight is 389 g/mol. The van der Waals surface area contributed by atoms with E-state index < -0.39 is 0 Å². The molecule has 7 heteroatoms. The zero-order chi connectivity index (χ0) is 20.4. The van der Waals surface area contributed by atoms with Crippen LogP contribution in [0, 0.1) is 12.7 Å². The van der Waals surface area contributed by atoms with E-state index in [2.05, 4.69) is 20.4 Å². The minimum atomic E-state index is -0.334. The lowest BCUT2D eigenvalue weighted by Gasteiger charge is -2.18. The second-order valence-corrected chi connectivity index (χ2v) is 6.85. The van der Waals surface area contributed by atoms with Crippen molar-refractivity contribution in [3.05, 3.63) is 83.6 Å². The van der Waals surface area contributed by atoms with Crippen molar-refractivity contribution in [3.8, 4) is 11.3 Å². The molecule has 0 aliphatic carbocycles. The fraction of sp³-hybridized carbons (Fsp3) is 0.182. The molecule has 4 rings (SSSR count). The summed E-state index contributed by atoms with van der Waals surface area (Å²) < 4.78 is 14.7. The number of nitrogens with one attached hydrogen (secondary N) is 1. The minimum absolute atomic E-state index is 0.135. The Morgan fingerprint density at radius 3 is 2.55 bits per heavy atom. The maximum atomic E-state index is 13.3. The van der Waals surface area contributed by atoms with Gasteiger partial charge in [0.1, 0.15) is 17.8 Å². The highest BCUT2D eigenvalue weighted by atomic mass is 19.1. The number of rotatable bonds is 5. The molecule has 0 spiro atoms.